The molecule has 2 unspecified atom stereocenters. The molecule has 3 aromatic rings. The van der Waals surface area contributed by atoms with Gasteiger partial charge in [0.1, 0.15) is 12.3 Å². The summed E-state index contributed by atoms with van der Waals surface area (Å²) < 4.78 is 13.3. The minimum atomic E-state index is -0.277. The van der Waals surface area contributed by atoms with Crippen molar-refractivity contribution in [1.29, 1.82) is 0 Å². The molecule has 0 N–H and O–H groups in total. The van der Waals surface area contributed by atoms with E-state index in [0.29, 0.717) is 13.2 Å². The zero-order valence-electron chi connectivity index (χ0n) is 15.4. The Kier molecular flexibility index (Phi) is 4.33. The summed E-state index contributed by atoms with van der Waals surface area (Å²) in [5.74, 6) is 0. The van der Waals surface area contributed by atoms with Crippen molar-refractivity contribution in [3.63, 3.8) is 0 Å². The summed E-state index contributed by atoms with van der Waals surface area (Å²) in [6.45, 7) is 1.30. The summed E-state index contributed by atoms with van der Waals surface area (Å²) in [7, 11) is 0. The average Bonchev–Trinajstić information content (AvgIpc) is 3.19. The van der Waals surface area contributed by atoms with E-state index >= 15 is 0 Å². The van der Waals surface area contributed by atoms with Crippen LogP contribution in [0.1, 0.15) is 17.5 Å². The molecule has 2 aliphatic rings. The molecule has 2 bridgehead atoms. The highest BCUT2D eigenvalue weighted by Crippen LogP contribution is 2.33. The number of amides is 1. The molecule has 4 heterocycles. The number of pyridine rings is 1. The Hall–Kier alpha value is -3.12. The molecule has 2 aliphatic heterocycles. The van der Waals surface area contributed by atoms with Crippen molar-refractivity contribution in [3.05, 3.63) is 78.3 Å². The molecule has 142 valence electrons. The minimum absolute atomic E-state index is 0.0157. The number of fused-ring (bicyclic) bond motifs is 3. The van der Waals surface area contributed by atoms with Gasteiger partial charge in [0.25, 0.3) is 0 Å². The molecule has 1 amide bonds. The van der Waals surface area contributed by atoms with E-state index in [1.165, 1.54) is 5.57 Å². The number of carbonyl (C=O) groups is 1. The lowest BCUT2D eigenvalue weighted by Crippen LogP contribution is -2.56. The first-order chi connectivity index (χ1) is 13.8. The third-order valence-electron chi connectivity index (χ3n) is 5.38. The largest absolute Gasteiger partial charge is 0.445 e. The van der Waals surface area contributed by atoms with Crippen LogP contribution in [0.2, 0.25) is 0 Å². The van der Waals surface area contributed by atoms with Crippen LogP contribution in [-0.4, -0.2) is 45.7 Å². The third-order valence-corrected chi connectivity index (χ3v) is 5.38. The molecular weight excluding hydrogens is 354 g/mol. The van der Waals surface area contributed by atoms with Crippen molar-refractivity contribution >= 4 is 17.3 Å². The molecule has 0 aliphatic carbocycles. The second-order valence-corrected chi connectivity index (χ2v) is 7.21. The molecule has 28 heavy (non-hydrogen) atoms. The van der Waals surface area contributed by atoms with Gasteiger partial charge in [-0.05, 0) is 35.3 Å². The molecule has 5 rings (SSSR count). The maximum atomic E-state index is 12.8. The van der Waals surface area contributed by atoms with Crippen molar-refractivity contribution in [1.82, 2.24) is 14.3 Å². The van der Waals surface area contributed by atoms with Gasteiger partial charge in [-0.3, -0.25) is 4.90 Å². The van der Waals surface area contributed by atoms with Gasteiger partial charge in [-0.25, -0.2) is 9.78 Å². The lowest BCUT2D eigenvalue weighted by Gasteiger charge is -2.43. The summed E-state index contributed by atoms with van der Waals surface area (Å²) in [6, 6.07) is 13.8. The van der Waals surface area contributed by atoms with E-state index in [2.05, 4.69) is 23.2 Å². The van der Waals surface area contributed by atoms with Crippen LogP contribution in [-0.2, 0) is 16.1 Å². The predicted octanol–water partition coefficient (Wildman–Crippen LogP) is 3.53. The number of imidazole rings is 1. The van der Waals surface area contributed by atoms with Gasteiger partial charge in [-0.1, -0.05) is 36.4 Å². The van der Waals surface area contributed by atoms with Crippen LogP contribution in [0, 0.1) is 0 Å². The SMILES string of the molecule is O=C(OCc1ccccc1)N1C2C=C(c3ccn4ccnc4c3)CC1COC2. The molecule has 0 spiro atoms. The average molecular weight is 375 g/mol. The van der Waals surface area contributed by atoms with E-state index in [1.807, 2.05) is 52.0 Å². The van der Waals surface area contributed by atoms with E-state index in [9.17, 15) is 4.79 Å². The van der Waals surface area contributed by atoms with E-state index in [4.69, 9.17) is 9.47 Å². The molecular formula is C22H21N3O3. The van der Waals surface area contributed by atoms with Crippen molar-refractivity contribution in [2.24, 2.45) is 0 Å². The van der Waals surface area contributed by atoms with E-state index in [1.54, 1.807) is 6.20 Å². The van der Waals surface area contributed by atoms with Crippen LogP contribution in [0.15, 0.2) is 67.1 Å². The Balaban J connectivity index is 1.36. The highest BCUT2D eigenvalue weighted by molar-refractivity contribution is 5.75. The number of aromatic nitrogens is 2. The highest BCUT2D eigenvalue weighted by atomic mass is 16.6. The van der Waals surface area contributed by atoms with Crippen molar-refractivity contribution < 1.29 is 14.3 Å². The fraction of sp³-hybridized carbons (Fsp3) is 0.273. The number of morpholine rings is 1. The van der Waals surface area contributed by atoms with Crippen LogP contribution >= 0.6 is 0 Å². The first-order valence-electron chi connectivity index (χ1n) is 9.48. The first kappa shape index (κ1) is 17.0. The normalized spacial score (nSPS) is 21.4. The van der Waals surface area contributed by atoms with Crippen LogP contribution in [0.25, 0.3) is 11.2 Å². The minimum Gasteiger partial charge on any atom is -0.445 e. The molecule has 6 nitrogen and oxygen atoms in total. The number of carbonyl (C=O) groups excluding carboxylic acids is 1. The molecule has 1 saturated heterocycles. The summed E-state index contributed by atoms with van der Waals surface area (Å²) in [4.78, 5) is 19.0. The smallest absolute Gasteiger partial charge is 0.411 e. The summed E-state index contributed by atoms with van der Waals surface area (Å²) in [5.41, 5.74) is 4.28. The molecule has 1 aromatic carbocycles. The van der Waals surface area contributed by atoms with Gasteiger partial charge >= 0.3 is 6.09 Å². The Morgan fingerprint density at radius 3 is 2.93 bits per heavy atom. The summed E-state index contributed by atoms with van der Waals surface area (Å²) in [5, 5.41) is 0. The van der Waals surface area contributed by atoms with Crippen molar-refractivity contribution in [3.8, 4) is 0 Å². The van der Waals surface area contributed by atoms with E-state index in [0.717, 1.165) is 23.2 Å². The molecule has 1 fully saturated rings. The maximum absolute atomic E-state index is 12.8. The number of rotatable bonds is 3. The first-order valence-corrected chi connectivity index (χ1v) is 9.48. The van der Waals surface area contributed by atoms with Gasteiger partial charge in [0.2, 0.25) is 0 Å². The number of benzene rings is 1. The number of nitrogens with zero attached hydrogens (tertiary/aromatic N) is 3. The van der Waals surface area contributed by atoms with Crippen molar-refractivity contribution in [2.75, 3.05) is 13.2 Å². The lowest BCUT2D eigenvalue weighted by molar-refractivity contribution is -0.0342. The lowest BCUT2D eigenvalue weighted by atomic mass is 9.90. The zero-order chi connectivity index (χ0) is 18.9. The van der Waals surface area contributed by atoms with Crippen molar-refractivity contribution in [2.45, 2.75) is 25.1 Å². The third kappa shape index (κ3) is 3.16. The number of hydrogen-bond acceptors (Lipinski definition) is 4. The molecule has 6 heteroatoms. The van der Waals surface area contributed by atoms with Gasteiger partial charge in [0.05, 0.1) is 25.3 Å². The van der Waals surface area contributed by atoms with Gasteiger partial charge in [0, 0.05) is 18.6 Å². The van der Waals surface area contributed by atoms with Crippen LogP contribution < -0.4 is 0 Å². The standard InChI is InChI=1S/C22H21N3O3/c26-22(28-13-16-4-2-1-3-5-16)25-19-10-18(11-20(25)15-27-14-19)17-6-8-24-9-7-23-21(24)12-17/h1-10,12,19-20H,11,13-15H2. The quantitative estimate of drug-likeness (QED) is 0.703. The Labute approximate surface area is 163 Å². The maximum Gasteiger partial charge on any atom is 0.411 e. The molecule has 2 atom stereocenters. The second-order valence-electron chi connectivity index (χ2n) is 7.21. The zero-order valence-corrected chi connectivity index (χ0v) is 15.4. The van der Waals surface area contributed by atoms with Crippen LogP contribution in [0.3, 0.4) is 0 Å². The monoisotopic (exact) mass is 375 g/mol. The summed E-state index contributed by atoms with van der Waals surface area (Å²) >= 11 is 0. The van der Waals surface area contributed by atoms with Gasteiger partial charge < -0.3 is 13.9 Å². The molecule has 2 aromatic heterocycles. The Morgan fingerprint density at radius 1 is 1.18 bits per heavy atom. The summed E-state index contributed by atoms with van der Waals surface area (Å²) in [6.07, 6.45) is 8.34. The van der Waals surface area contributed by atoms with Crippen LogP contribution in [0.5, 0.6) is 0 Å². The van der Waals surface area contributed by atoms with E-state index in [-0.39, 0.29) is 24.8 Å². The van der Waals surface area contributed by atoms with E-state index < -0.39 is 0 Å². The fourth-order valence-electron chi connectivity index (χ4n) is 4.00. The number of ether oxygens (including phenoxy) is 2. The van der Waals surface area contributed by atoms with Crippen LogP contribution in [0.4, 0.5) is 4.79 Å². The second kappa shape index (κ2) is 7.13. The topological polar surface area (TPSA) is 56.1 Å². The Morgan fingerprint density at radius 2 is 2.07 bits per heavy atom. The highest BCUT2D eigenvalue weighted by Gasteiger charge is 2.39. The van der Waals surface area contributed by atoms with Gasteiger partial charge in [0.15, 0.2) is 0 Å². The molecule has 0 radical (unpaired) electrons. The number of hydrogen-bond donors (Lipinski definition) is 0. The van der Waals surface area contributed by atoms with Gasteiger partial charge in [-0.15, -0.1) is 0 Å². The predicted molar refractivity (Wildman–Crippen MR) is 105 cm³/mol. The fourth-order valence-corrected chi connectivity index (χ4v) is 4.00. The van der Waals surface area contributed by atoms with Gasteiger partial charge in [-0.2, -0.15) is 0 Å². The molecule has 0 saturated carbocycles. The Bertz CT molecular complexity index is 1030.